The van der Waals surface area contributed by atoms with Crippen molar-refractivity contribution >= 4 is 11.8 Å². The number of nitrogens with zero attached hydrogens (tertiary/aromatic N) is 3. The van der Waals surface area contributed by atoms with E-state index in [2.05, 4.69) is 56.2 Å². The second kappa shape index (κ2) is 9.01. The van der Waals surface area contributed by atoms with Gasteiger partial charge >= 0.3 is 0 Å². The topological polar surface area (TPSA) is 62.7 Å². The molecule has 2 N–H and O–H groups in total. The van der Waals surface area contributed by atoms with Gasteiger partial charge in [-0.05, 0) is 44.1 Å². The molecule has 1 aliphatic rings. The zero-order valence-corrected chi connectivity index (χ0v) is 14.0. The predicted octanol–water partition coefficient (Wildman–Crippen LogP) is 3.83. The normalized spacial score (nSPS) is 14.1. The molecule has 1 aliphatic carbocycles. The smallest absolute Gasteiger partial charge is 0.244 e. The highest BCUT2D eigenvalue weighted by Crippen LogP contribution is 2.19. The van der Waals surface area contributed by atoms with Crippen molar-refractivity contribution in [3.8, 4) is 0 Å². The van der Waals surface area contributed by atoms with Crippen molar-refractivity contribution in [3.63, 3.8) is 0 Å². The van der Waals surface area contributed by atoms with Crippen LogP contribution in [0.5, 0.6) is 0 Å². The zero-order chi connectivity index (χ0) is 16.5. The highest BCUT2D eigenvalue weighted by Gasteiger charge is 2.04. The first kappa shape index (κ1) is 16.4. The summed E-state index contributed by atoms with van der Waals surface area (Å²) in [5.41, 5.74) is 2.87. The number of benzene rings is 1. The van der Waals surface area contributed by atoms with Crippen molar-refractivity contribution in [1.82, 2.24) is 15.2 Å². The van der Waals surface area contributed by atoms with Crippen molar-refractivity contribution in [2.24, 2.45) is 0 Å². The summed E-state index contributed by atoms with van der Waals surface area (Å²) in [6, 6.07) is 10.4. The van der Waals surface area contributed by atoms with Gasteiger partial charge in [0.25, 0.3) is 0 Å². The molecule has 5 nitrogen and oxygen atoms in total. The van der Waals surface area contributed by atoms with Gasteiger partial charge in [0.05, 0.1) is 6.20 Å². The Morgan fingerprint density at radius 2 is 1.83 bits per heavy atom. The Hall–Kier alpha value is -2.43. The van der Waals surface area contributed by atoms with E-state index in [9.17, 15) is 0 Å². The molecule has 0 amide bonds. The SMILES string of the molecule is C1=C(CCNc2cnnc(NCCc3ccccc3)n2)CCCC1. The monoisotopic (exact) mass is 323 g/mol. The summed E-state index contributed by atoms with van der Waals surface area (Å²) in [5, 5.41) is 14.7. The first-order valence-corrected chi connectivity index (χ1v) is 8.79. The van der Waals surface area contributed by atoms with Crippen molar-refractivity contribution in [2.75, 3.05) is 23.7 Å². The number of nitrogens with one attached hydrogen (secondary N) is 2. The maximum Gasteiger partial charge on any atom is 0.244 e. The molecule has 2 aromatic rings. The van der Waals surface area contributed by atoms with Crippen LogP contribution >= 0.6 is 0 Å². The molecule has 0 bridgehead atoms. The lowest BCUT2D eigenvalue weighted by atomic mass is 9.97. The van der Waals surface area contributed by atoms with Crippen LogP contribution in [-0.4, -0.2) is 28.3 Å². The minimum atomic E-state index is 0.577. The Kier molecular flexibility index (Phi) is 6.17. The lowest BCUT2D eigenvalue weighted by Gasteiger charge is -2.13. The summed E-state index contributed by atoms with van der Waals surface area (Å²) in [4.78, 5) is 4.47. The molecule has 0 saturated carbocycles. The lowest BCUT2D eigenvalue weighted by Crippen LogP contribution is -2.11. The summed E-state index contributed by atoms with van der Waals surface area (Å²) in [6.07, 6.45) is 11.2. The highest BCUT2D eigenvalue weighted by molar-refractivity contribution is 5.37. The highest BCUT2D eigenvalue weighted by atomic mass is 15.3. The molecule has 126 valence electrons. The molecule has 0 radical (unpaired) electrons. The largest absolute Gasteiger partial charge is 0.368 e. The fourth-order valence-corrected chi connectivity index (χ4v) is 2.91. The molecule has 1 aromatic heterocycles. The first-order valence-electron chi connectivity index (χ1n) is 8.79. The van der Waals surface area contributed by atoms with E-state index in [1.807, 2.05) is 6.07 Å². The van der Waals surface area contributed by atoms with Crippen molar-refractivity contribution in [2.45, 2.75) is 38.5 Å². The average Bonchev–Trinajstić information content (AvgIpc) is 2.64. The van der Waals surface area contributed by atoms with Gasteiger partial charge in [-0.15, -0.1) is 5.10 Å². The van der Waals surface area contributed by atoms with Crippen molar-refractivity contribution < 1.29 is 0 Å². The van der Waals surface area contributed by atoms with Gasteiger partial charge in [-0.25, -0.2) is 0 Å². The van der Waals surface area contributed by atoms with E-state index in [-0.39, 0.29) is 0 Å². The van der Waals surface area contributed by atoms with Crippen molar-refractivity contribution in [3.05, 3.63) is 53.7 Å². The summed E-state index contributed by atoms with van der Waals surface area (Å²) in [6.45, 7) is 1.69. The van der Waals surface area contributed by atoms with Crippen LogP contribution in [0.15, 0.2) is 48.2 Å². The molecular formula is C19H25N5. The summed E-state index contributed by atoms with van der Waals surface area (Å²) in [5.74, 6) is 1.36. The molecule has 1 aromatic carbocycles. The van der Waals surface area contributed by atoms with E-state index >= 15 is 0 Å². The summed E-state index contributed by atoms with van der Waals surface area (Å²) in [7, 11) is 0. The third-order valence-corrected chi connectivity index (χ3v) is 4.24. The molecule has 0 aliphatic heterocycles. The molecule has 24 heavy (non-hydrogen) atoms. The van der Waals surface area contributed by atoms with Gasteiger partial charge < -0.3 is 10.6 Å². The van der Waals surface area contributed by atoms with E-state index < -0.39 is 0 Å². The van der Waals surface area contributed by atoms with Gasteiger partial charge in [0.2, 0.25) is 5.95 Å². The number of hydrogen-bond acceptors (Lipinski definition) is 5. The Morgan fingerprint density at radius 3 is 2.67 bits per heavy atom. The van der Waals surface area contributed by atoms with Gasteiger partial charge in [0.15, 0.2) is 5.82 Å². The molecule has 0 fully saturated rings. The standard InChI is InChI=1S/C19H25N5/c1-3-7-16(8-4-1)11-13-20-18-15-22-24-19(23-18)21-14-12-17-9-5-2-6-10-17/h2,5-7,9-10,15H,1,3-4,8,11-14H2,(H2,20,21,23,24). The van der Waals surface area contributed by atoms with Crippen LogP contribution in [-0.2, 0) is 6.42 Å². The van der Waals surface area contributed by atoms with E-state index in [1.54, 1.807) is 11.8 Å². The third-order valence-electron chi connectivity index (χ3n) is 4.24. The van der Waals surface area contributed by atoms with Crippen LogP contribution in [0.2, 0.25) is 0 Å². The number of anilines is 2. The summed E-state index contributed by atoms with van der Waals surface area (Å²) < 4.78 is 0. The molecule has 1 heterocycles. The fraction of sp³-hybridized carbons (Fsp3) is 0.421. The molecule has 5 heteroatoms. The number of aromatic nitrogens is 3. The van der Waals surface area contributed by atoms with Crippen LogP contribution in [0.3, 0.4) is 0 Å². The quantitative estimate of drug-likeness (QED) is 0.723. The fourth-order valence-electron chi connectivity index (χ4n) is 2.91. The maximum absolute atomic E-state index is 4.47. The van der Waals surface area contributed by atoms with Gasteiger partial charge in [0.1, 0.15) is 0 Å². The van der Waals surface area contributed by atoms with Crippen LogP contribution < -0.4 is 10.6 Å². The van der Waals surface area contributed by atoms with Crippen LogP contribution in [0.4, 0.5) is 11.8 Å². The second-order valence-corrected chi connectivity index (χ2v) is 6.11. The van der Waals surface area contributed by atoms with Gasteiger partial charge in [-0.1, -0.05) is 42.0 Å². The number of allylic oxidation sites excluding steroid dienone is 1. The minimum Gasteiger partial charge on any atom is -0.368 e. The third kappa shape index (κ3) is 5.33. The molecule has 0 unspecified atom stereocenters. The van der Waals surface area contributed by atoms with Crippen LogP contribution in [0.25, 0.3) is 0 Å². The van der Waals surface area contributed by atoms with E-state index in [0.717, 1.165) is 31.7 Å². The average molecular weight is 323 g/mol. The van der Waals surface area contributed by atoms with E-state index in [4.69, 9.17) is 0 Å². The van der Waals surface area contributed by atoms with Crippen LogP contribution in [0.1, 0.15) is 37.7 Å². The van der Waals surface area contributed by atoms with Crippen LogP contribution in [0, 0.1) is 0 Å². The van der Waals surface area contributed by atoms with E-state index in [1.165, 1.54) is 31.2 Å². The number of rotatable bonds is 8. The second-order valence-electron chi connectivity index (χ2n) is 6.11. The Labute approximate surface area is 143 Å². The number of hydrogen-bond donors (Lipinski definition) is 2. The van der Waals surface area contributed by atoms with Gasteiger partial charge in [-0.2, -0.15) is 10.1 Å². The molecule has 0 atom stereocenters. The summed E-state index contributed by atoms with van der Waals surface area (Å²) >= 11 is 0. The van der Waals surface area contributed by atoms with E-state index in [0.29, 0.717) is 5.95 Å². The first-order chi connectivity index (χ1) is 11.9. The predicted molar refractivity (Wildman–Crippen MR) is 98.1 cm³/mol. The molecule has 0 spiro atoms. The maximum atomic E-state index is 4.47. The Balaban J connectivity index is 1.42. The Morgan fingerprint density at radius 1 is 0.958 bits per heavy atom. The van der Waals surface area contributed by atoms with Gasteiger partial charge in [-0.3, -0.25) is 0 Å². The zero-order valence-electron chi connectivity index (χ0n) is 14.0. The van der Waals surface area contributed by atoms with Crippen molar-refractivity contribution in [1.29, 1.82) is 0 Å². The molecule has 3 rings (SSSR count). The minimum absolute atomic E-state index is 0.577. The van der Waals surface area contributed by atoms with Gasteiger partial charge in [0, 0.05) is 13.1 Å². The molecule has 0 saturated heterocycles. The molecular weight excluding hydrogens is 298 g/mol. The Bertz CT molecular complexity index is 654. The lowest BCUT2D eigenvalue weighted by molar-refractivity contribution is 0.679.